The van der Waals surface area contributed by atoms with E-state index in [1.807, 2.05) is 0 Å². The van der Waals surface area contributed by atoms with E-state index in [2.05, 4.69) is 15.3 Å². The number of benzene rings is 2. The quantitative estimate of drug-likeness (QED) is 0.609. The van der Waals surface area contributed by atoms with Crippen LogP contribution in [0.3, 0.4) is 0 Å². The first kappa shape index (κ1) is 19.2. The van der Waals surface area contributed by atoms with Gasteiger partial charge in [0.2, 0.25) is 0 Å². The van der Waals surface area contributed by atoms with E-state index in [4.69, 9.17) is 0 Å². The molecular formula is C19H17F3N3OP. The minimum absolute atomic E-state index is 0.126. The molecule has 0 saturated carbocycles. The van der Waals surface area contributed by atoms with Crippen molar-refractivity contribution in [3.63, 3.8) is 0 Å². The van der Waals surface area contributed by atoms with Crippen molar-refractivity contribution < 1.29 is 17.7 Å². The summed E-state index contributed by atoms with van der Waals surface area (Å²) < 4.78 is 50.8. The molecule has 140 valence electrons. The van der Waals surface area contributed by atoms with Gasteiger partial charge in [-0.2, -0.15) is 13.2 Å². The molecule has 0 radical (unpaired) electrons. The number of hydrogen-bond acceptors (Lipinski definition) is 4. The maximum atomic E-state index is 13.2. The number of anilines is 1. The van der Waals surface area contributed by atoms with E-state index in [0.29, 0.717) is 33.4 Å². The topological polar surface area (TPSA) is 54.9 Å². The molecule has 3 rings (SSSR count). The maximum absolute atomic E-state index is 13.2. The van der Waals surface area contributed by atoms with Gasteiger partial charge in [-0.15, -0.1) is 0 Å². The third-order valence-electron chi connectivity index (χ3n) is 4.40. The fourth-order valence-corrected chi connectivity index (χ4v) is 3.43. The third kappa shape index (κ3) is 3.93. The maximum Gasteiger partial charge on any atom is 0.416 e. The van der Waals surface area contributed by atoms with Crippen LogP contribution in [0.4, 0.5) is 19.0 Å². The number of hydrogen-bond donors (Lipinski definition) is 1. The zero-order valence-corrected chi connectivity index (χ0v) is 15.8. The second-order valence-electron chi connectivity index (χ2n) is 6.30. The standard InChI is InChI=1S/C19H17F3N3OP/c1-10-14(5-4-6-16(10)19(20,21)22)11(2)23-18-15-9-13(27-26)7-8-17(15)24-12(3)25-18/h4-9,11H,1-3H3,(H,23,24,25)/t11-/m1/s1. The van der Waals surface area contributed by atoms with Gasteiger partial charge in [-0.05, 0) is 56.2 Å². The lowest BCUT2D eigenvalue weighted by Gasteiger charge is -2.21. The van der Waals surface area contributed by atoms with E-state index in [1.54, 1.807) is 38.1 Å². The van der Waals surface area contributed by atoms with Gasteiger partial charge in [0.15, 0.2) is 8.46 Å². The van der Waals surface area contributed by atoms with Crippen LogP contribution in [0.5, 0.6) is 0 Å². The number of nitrogens with one attached hydrogen (secondary N) is 1. The SMILES string of the molecule is Cc1nc(N[C@H](C)c2cccc(C(F)(F)F)c2C)c2cc(P=O)ccc2n1. The Balaban J connectivity index is 2.04. The Bertz CT molecular complexity index is 1020. The molecule has 1 heterocycles. The second-order valence-corrected chi connectivity index (χ2v) is 6.99. The summed E-state index contributed by atoms with van der Waals surface area (Å²) in [5.41, 5.74) is 0.737. The van der Waals surface area contributed by atoms with Crippen molar-refractivity contribution in [3.8, 4) is 0 Å². The van der Waals surface area contributed by atoms with Crippen molar-refractivity contribution in [2.45, 2.75) is 33.0 Å². The Kier molecular flexibility index (Phi) is 5.16. The van der Waals surface area contributed by atoms with E-state index >= 15 is 0 Å². The Hall–Kier alpha value is -2.53. The van der Waals surface area contributed by atoms with Crippen molar-refractivity contribution in [2.24, 2.45) is 0 Å². The smallest absolute Gasteiger partial charge is 0.363 e. The normalized spacial score (nSPS) is 13.1. The number of aromatic nitrogens is 2. The Morgan fingerprint density at radius 3 is 2.52 bits per heavy atom. The molecule has 27 heavy (non-hydrogen) atoms. The highest BCUT2D eigenvalue weighted by atomic mass is 31.1. The van der Waals surface area contributed by atoms with Crippen LogP contribution in [0.25, 0.3) is 10.9 Å². The Morgan fingerprint density at radius 2 is 1.85 bits per heavy atom. The van der Waals surface area contributed by atoms with E-state index in [0.717, 1.165) is 6.07 Å². The van der Waals surface area contributed by atoms with Gasteiger partial charge in [-0.1, -0.05) is 12.1 Å². The molecule has 0 bridgehead atoms. The first-order valence-corrected chi connectivity index (χ1v) is 9.07. The molecule has 0 amide bonds. The Labute approximate surface area is 156 Å². The van der Waals surface area contributed by atoms with Crippen molar-refractivity contribution in [2.75, 3.05) is 5.32 Å². The lowest BCUT2D eigenvalue weighted by atomic mass is 9.97. The van der Waals surface area contributed by atoms with E-state index < -0.39 is 17.8 Å². The highest BCUT2D eigenvalue weighted by Crippen LogP contribution is 2.35. The zero-order valence-electron chi connectivity index (χ0n) is 14.9. The van der Waals surface area contributed by atoms with Gasteiger partial charge in [0.05, 0.1) is 17.1 Å². The fraction of sp³-hybridized carbons (Fsp3) is 0.263. The van der Waals surface area contributed by atoms with Crippen LogP contribution in [-0.2, 0) is 10.7 Å². The van der Waals surface area contributed by atoms with Crippen molar-refractivity contribution in [1.82, 2.24) is 9.97 Å². The van der Waals surface area contributed by atoms with Gasteiger partial charge in [-0.25, -0.2) is 9.97 Å². The summed E-state index contributed by atoms with van der Waals surface area (Å²) in [4.78, 5) is 8.74. The number of rotatable bonds is 4. The molecule has 0 aliphatic carbocycles. The number of nitrogens with zero attached hydrogens (tertiary/aromatic N) is 2. The second kappa shape index (κ2) is 7.24. The molecule has 1 N–H and O–H groups in total. The summed E-state index contributed by atoms with van der Waals surface area (Å²) in [6.07, 6.45) is -4.40. The van der Waals surface area contributed by atoms with Gasteiger partial charge in [0.25, 0.3) is 0 Å². The molecular weight excluding hydrogens is 374 g/mol. The zero-order chi connectivity index (χ0) is 19.8. The van der Waals surface area contributed by atoms with Gasteiger partial charge < -0.3 is 5.32 Å². The Morgan fingerprint density at radius 1 is 1.11 bits per heavy atom. The summed E-state index contributed by atoms with van der Waals surface area (Å²) in [5, 5.41) is 4.42. The van der Waals surface area contributed by atoms with Crippen LogP contribution in [0, 0.1) is 13.8 Å². The summed E-state index contributed by atoms with van der Waals surface area (Å²) >= 11 is 0. The van der Waals surface area contributed by atoms with Crippen molar-refractivity contribution in [3.05, 3.63) is 58.9 Å². The van der Waals surface area contributed by atoms with Gasteiger partial charge in [0, 0.05) is 10.7 Å². The molecule has 0 fully saturated rings. The van der Waals surface area contributed by atoms with E-state index in [9.17, 15) is 17.7 Å². The van der Waals surface area contributed by atoms with Crippen LogP contribution in [0.15, 0.2) is 36.4 Å². The molecule has 0 aliphatic rings. The molecule has 0 aliphatic heterocycles. The molecule has 0 spiro atoms. The number of halogens is 3. The first-order chi connectivity index (χ1) is 12.7. The number of aryl methyl sites for hydroxylation is 1. The predicted octanol–water partition coefficient (Wildman–Crippen LogP) is 5.36. The van der Waals surface area contributed by atoms with Crippen LogP contribution in [0.1, 0.15) is 35.5 Å². The third-order valence-corrected chi connectivity index (χ3v) is 4.89. The van der Waals surface area contributed by atoms with Crippen LogP contribution >= 0.6 is 8.46 Å². The molecule has 3 aromatic rings. The average Bonchev–Trinajstić information content (AvgIpc) is 2.60. The fourth-order valence-electron chi connectivity index (χ4n) is 3.11. The lowest BCUT2D eigenvalue weighted by molar-refractivity contribution is -0.138. The van der Waals surface area contributed by atoms with Crippen molar-refractivity contribution in [1.29, 1.82) is 0 Å². The summed E-state index contributed by atoms with van der Waals surface area (Å²) in [7, 11) is -0.126. The van der Waals surface area contributed by atoms with Crippen molar-refractivity contribution >= 4 is 30.5 Å². The molecule has 4 nitrogen and oxygen atoms in total. The average molecular weight is 391 g/mol. The molecule has 1 aromatic heterocycles. The van der Waals surface area contributed by atoms with Crippen LogP contribution in [-0.4, -0.2) is 9.97 Å². The molecule has 0 unspecified atom stereocenters. The summed E-state index contributed by atoms with van der Waals surface area (Å²) in [6, 6.07) is 8.88. The summed E-state index contributed by atoms with van der Waals surface area (Å²) in [5.74, 6) is 1.03. The minimum Gasteiger partial charge on any atom is -0.363 e. The number of alkyl halides is 3. The highest BCUT2D eigenvalue weighted by molar-refractivity contribution is 7.34. The molecule has 0 saturated heterocycles. The van der Waals surface area contributed by atoms with Gasteiger partial charge >= 0.3 is 6.18 Å². The minimum atomic E-state index is -4.40. The molecule has 8 heteroatoms. The summed E-state index contributed by atoms with van der Waals surface area (Å²) in [6.45, 7) is 4.99. The first-order valence-electron chi connectivity index (χ1n) is 8.25. The van der Waals surface area contributed by atoms with Crippen LogP contribution < -0.4 is 10.6 Å². The molecule has 2 aromatic carbocycles. The molecule has 1 atom stereocenters. The highest BCUT2D eigenvalue weighted by Gasteiger charge is 2.33. The van der Waals surface area contributed by atoms with Gasteiger partial charge in [-0.3, -0.25) is 4.57 Å². The predicted molar refractivity (Wildman–Crippen MR) is 99.7 cm³/mol. The largest absolute Gasteiger partial charge is 0.416 e. The van der Waals surface area contributed by atoms with Gasteiger partial charge in [0.1, 0.15) is 11.6 Å². The van der Waals surface area contributed by atoms with E-state index in [-0.39, 0.29) is 14.0 Å². The van der Waals surface area contributed by atoms with E-state index in [1.165, 1.54) is 13.0 Å². The number of fused-ring (bicyclic) bond motifs is 1. The monoisotopic (exact) mass is 391 g/mol. The lowest BCUT2D eigenvalue weighted by Crippen LogP contribution is -2.14. The van der Waals surface area contributed by atoms with Crippen LogP contribution in [0.2, 0.25) is 0 Å².